The van der Waals surface area contributed by atoms with E-state index in [1.165, 1.54) is 0 Å². The van der Waals surface area contributed by atoms with Crippen LogP contribution in [-0.2, 0) is 0 Å². The summed E-state index contributed by atoms with van der Waals surface area (Å²) in [6, 6.07) is 12.7. The maximum Gasteiger partial charge on any atom is 0.181 e. The van der Waals surface area contributed by atoms with Gasteiger partial charge in [0.2, 0.25) is 0 Å². The van der Waals surface area contributed by atoms with E-state index in [1.807, 2.05) is 30.3 Å². The second kappa shape index (κ2) is 5.15. The number of benzene rings is 2. The summed E-state index contributed by atoms with van der Waals surface area (Å²) in [4.78, 5) is 4.44. The predicted molar refractivity (Wildman–Crippen MR) is 81.7 cm³/mol. The minimum Gasteiger partial charge on any atom is -0.399 e. The maximum absolute atomic E-state index is 5.99. The number of hydrogen-bond acceptors (Lipinski definition) is 3. The van der Waals surface area contributed by atoms with Crippen molar-refractivity contribution in [2.75, 3.05) is 5.73 Å². The monoisotopic (exact) mass is 304 g/mol. The lowest BCUT2D eigenvalue weighted by molar-refractivity contribution is 1.10. The van der Waals surface area contributed by atoms with Gasteiger partial charge in [0.1, 0.15) is 0 Å². The van der Waals surface area contributed by atoms with Gasteiger partial charge in [0.15, 0.2) is 11.6 Å². The maximum atomic E-state index is 5.99. The minimum atomic E-state index is 0.475. The lowest BCUT2D eigenvalue weighted by Gasteiger charge is -1.98. The molecule has 0 atom stereocenters. The van der Waals surface area contributed by atoms with Gasteiger partial charge >= 0.3 is 0 Å². The Kier molecular flexibility index (Phi) is 3.34. The van der Waals surface area contributed by atoms with E-state index in [9.17, 15) is 0 Å². The Bertz CT molecular complexity index is 750. The topological polar surface area (TPSA) is 67.6 Å². The highest BCUT2D eigenvalue weighted by Crippen LogP contribution is 2.27. The first-order valence-corrected chi connectivity index (χ1v) is 6.63. The molecule has 6 heteroatoms. The Balaban J connectivity index is 1.97. The summed E-state index contributed by atoms with van der Waals surface area (Å²) in [7, 11) is 0. The molecule has 4 nitrogen and oxygen atoms in total. The van der Waals surface area contributed by atoms with Crippen molar-refractivity contribution in [2.24, 2.45) is 0 Å². The van der Waals surface area contributed by atoms with Crippen LogP contribution in [0.5, 0.6) is 0 Å². The summed E-state index contributed by atoms with van der Waals surface area (Å²) in [6.45, 7) is 0. The van der Waals surface area contributed by atoms with Crippen molar-refractivity contribution in [1.29, 1.82) is 0 Å². The van der Waals surface area contributed by atoms with Crippen LogP contribution in [0, 0.1) is 0 Å². The highest BCUT2D eigenvalue weighted by atomic mass is 35.5. The first kappa shape index (κ1) is 13.0. The van der Waals surface area contributed by atoms with E-state index in [2.05, 4.69) is 15.2 Å². The number of anilines is 1. The van der Waals surface area contributed by atoms with Crippen molar-refractivity contribution < 1.29 is 0 Å². The number of nitrogen functional groups attached to an aromatic ring is 1. The van der Waals surface area contributed by atoms with Crippen molar-refractivity contribution in [1.82, 2.24) is 15.2 Å². The van der Waals surface area contributed by atoms with E-state index in [-0.39, 0.29) is 0 Å². The van der Waals surface area contributed by atoms with Gasteiger partial charge in [0.25, 0.3) is 0 Å². The third kappa shape index (κ3) is 2.48. The highest BCUT2D eigenvalue weighted by molar-refractivity contribution is 6.42. The first-order valence-electron chi connectivity index (χ1n) is 5.87. The lowest BCUT2D eigenvalue weighted by atomic mass is 10.2. The van der Waals surface area contributed by atoms with Crippen molar-refractivity contribution >= 4 is 28.9 Å². The van der Waals surface area contributed by atoms with E-state index in [4.69, 9.17) is 28.9 Å². The number of H-pyrrole nitrogens is 1. The number of hydrogen-bond donors (Lipinski definition) is 2. The van der Waals surface area contributed by atoms with Crippen LogP contribution in [-0.4, -0.2) is 15.2 Å². The Morgan fingerprint density at radius 3 is 2.30 bits per heavy atom. The zero-order valence-corrected chi connectivity index (χ0v) is 11.8. The Morgan fingerprint density at radius 1 is 0.900 bits per heavy atom. The molecule has 0 radical (unpaired) electrons. The van der Waals surface area contributed by atoms with Gasteiger partial charge in [-0.15, -0.1) is 0 Å². The van der Waals surface area contributed by atoms with Crippen LogP contribution in [0.15, 0.2) is 42.5 Å². The molecular weight excluding hydrogens is 295 g/mol. The predicted octanol–water partition coefficient (Wildman–Crippen LogP) is 4.03. The van der Waals surface area contributed by atoms with Crippen LogP contribution < -0.4 is 5.73 Å². The van der Waals surface area contributed by atoms with Gasteiger partial charge in [-0.1, -0.05) is 23.2 Å². The van der Waals surface area contributed by atoms with Crippen LogP contribution in [0.4, 0.5) is 5.69 Å². The van der Waals surface area contributed by atoms with Crippen molar-refractivity contribution in [3.05, 3.63) is 52.5 Å². The molecular formula is C14H10Cl2N4. The standard InChI is InChI=1S/C14H10Cl2N4/c15-11-6-3-9(7-12(11)16)14-18-13(19-20-14)8-1-4-10(17)5-2-8/h1-7H,17H2,(H,18,19,20). The zero-order valence-electron chi connectivity index (χ0n) is 10.3. The highest BCUT2D eigenvalue weighted by Gasteiger charge is 2.09. The molecule has 20 heavy (non-hydrogen) atoms. The molecule has 2 aromatic carbocycles. The molecule has 0 bridgehead atoms. The number of rotatable bonds is 2. The molecule has 0 saturated heterocycles. The van der Waals surface area contributed by atoms with Crippen LogP contribution in [0.25, 0.3) is 22.8 Å². The summed E-state index contributed by atoms with van der Waals surface area (Å²) in [6.07, 6.45) is 0. The smallest absolute Gasteiger partial charge is 0.181 e. The molecule has 3 aromatic rings. The van der Waals surface area contributed by atoms with Crippen LogP contribution >= 0.6 is 23.2 Å². The molecule has 1 heterocycles. The molecule has 100 valence electrons. The molecule has 0 amide bonds. The molecule has 1 aromatic heterocycles. The van der Waals surface area contributed by atoms with Gasteiger partial charge in [0.05, 0.1) is 10.0 Å². The second-order valence-corrected chi connectivity index (χ2v) is 5.07. The van der Waals surface area contributed by atoms with E-state index in [0.29, 0.717) is 27.4 Å². The van der Waals surface area contributed by atoms with Gasteiger partial charge in [-0.2, -0.15) is 5.10 Å². The van der Waals surface area contributed by atoms with Gasteiger partial charge in [0, 0.05) is 16.8 Å². The SMILES string of the molecule is Nc1ccc(-c2nc(-c3ccc(Cl)c(Cl)c3)n[nH]2)cc1. The Hall–Kier alpha value is -2.04. The second-order valence-electron chi connectivity index (χ2n) is 4.26. The number of halogens is 2. The van der Waals surface area contributed by atoms with Gasteiger partial charge < -0.3 is 5.73 Å². The van der Waals surface area contributed by atoms with Crippen LogP contribution in [0.2, 0.25) is 10.0 Å². The molecule has 0 unspecified atom stereocenters. The fraction of sp³-hybridized carbons (Fsp3) is 0. The number of aromatic amines is 1. The largest absolute Gasteiger partial charge is 0.399 e. The zero-order chi connectivity index (χ0) is 14.1. The number of nitrogens with zero attached hydrogens (tertiary/aromatic N) is 2. The summed E-state index contributed by atoms with van der Waals surface area (Å²) in [5, 5.41) is 8.06. The molecule has 0 fully saturated rings. The molecule has 0 aliphatic heterocycles. The molecule has 3 rings (SSSR count). The normalized spacial score (nSPS) is 10.7. The fourth-order valence-corrected chi connectivity index (χ4v) is 2.09. The Labute approximate surface area is 125 Å². The fourth-order valence-electron chi connectivity index (χ4n) is 1.80. The lowest BCUT2D eigenvalue weighted by Crippen LogP contribution is -1.85. The molecule has 0 saturated carbocycles. The van der Waals surface area contributed by atoms with Crippen molar-refractivity contribution in [3.8, 4) is 22.8 Å². The van der Waals surface area contributed by atoms with E-state index >= 15 is 0 Å². The van der Waals surface area contributed by atoms with Crippen molar-refractivity contribution in [2.45, 2.75) is 0 Å². The van der Waals surface area contributed by atoms with E-state index in [0.717, 1.165) is 11.1 Å². The third-order valence-electron chi connectivity index (χ3n) is 2.85. The average Bonchev–Trinajstić information content (AvgIpc) is 2.92. The molecule has 0 aliphatic rings. The van der Waals surface area contributed by atoms with E-state index in [1.54, 1.807) is 12.1 Å². The molecule has 3 N–H and O–H groups in total. The third-order valence-corrected chi connectivity index (χ3v) is 3.59. The summed E-state index contributed by atoms with van der Waals surface area (Å²) in [5.41, 5.74) is 8.08. The minimum absolute atomic E-state index is 0.475. The number of nitrogens with one attached hydrogen (secondary N) is 1. The van der Waals surface area contributed by atoms with Gasteiger partial charge in [-0.3, -0.25) is 5.10 Å². The van der Waals surface area contributed by atoms with Gasteiger partial charge in [-0.25, -0.2) is 4.98 Å². The van der Waals surface area contributed by atoms with Crippen LogP contribution in [0.3, 0.4) is 0 Å². The van der Waals surface area contributed by atoms with Gasteiger partial charge in [-0.05, 0) is 42.5 Å². The van der Waals surface area contributed by atoms with Crippen LogP contribution in [0.1, 0.15) is 0 Å². The van der Waals surface area contributed by atoms with E-state index < -0.39 is 0 Å². The molecule has 0 spiro atoms. The number of nitrogens with two attached hydrogens (primary N) is 1. The summed E-state index contributed by atoms with van der Waals surface area (Å²) in [5.74, 6) is 1.24. The molecule has 0 aliphatic carbocycles. The van der Waals surface area contributed by atoms with Crippen molar-refractivity contribution in [3.63, 3.8) is 0 Å². The summed E-state index contributed by atoms with van der Waals surface area (Å²) >= 11 is 11.9. The summed E-state index contributed by atoms with van der Waals surface area (Å²) < 4.78 is 0. The first-order chi connectivity index (χ1) is 9.63. The average molecular weight is 305 g/mol. The quantitative estimate of drug-likeness (QED) is 0.702. The Morgan fingerprint density at radius 2 is 1.60 bits per heavy atom. The number of aromatic nitrogens is 3.